The molecule has 0 spiro atoms. The number of aromatic nitrogens is 4. The fourth-order valence-corrected chi connectivity index (χ4v) is 4.38. The molecule has 2 N–H and O–H groups in total. The van der Waals surface area contributed by atoms with Gasteiger partial charge in [-0.1, -0.05) is 51.1 Å². The van der Waals surface area contributed by atoms with Crippen LogP contribution in [-0.4, -0.2) is 46.6 Å². The highest BCUT2D eigenvalue weighted by atomic mass is 32.2. The summed E-state index contributed by atoms with van der Waals surface area (Å²) in [6.07, 6.45) is 2.88. The summed E-state index contributed by atoms with van der Waals surface area (Å²) in [4.78, 5) is 16.8. The maximum Gasteiger partial charge on any atom is 0.263 e. The van der Waals surface area contributed by atoms with Crippen molar-refractivity contribution in [3.05, 3.63) is 78.1 Å². The zero-order valence-corrected chi connectivity index (χ0v) is 22.2. The topological polar surface area (TPSA) is 136 Å². The largest absolute Gasteiger partial charge is 0.472 e. The van der Waals surface area contributed by atoms with Gasteiger partial charge >= 0.3 is 0 Å². The van der Waals surface area contributed by atoms with E-state index in [-0.39, 0.29) is 33.5 Å². The second kappa shape index (κ2) is 11.1. The molecule has 0 aliphatic heterocycles. The zero-order valence-electron chi connectivity index (χ0n) is 23.3. The molecule has 0 atom stereocenters. The van der Waals surface area contributed by atoms with Gasteiger partial charge in [0.15, 0.2) is 11.6 Å². The van der Waals surface area contributed by atoms with Gasteiger partial charge in [-0.3, -0.25) is 4.72 Å². The average molecular weight is 538 g/mol. The number of nitrogens with zero attached hydrogens (tertiary/aromatic N) is 4. The molecule has 0 radical (unpaired) electrons. The number of rotatable bonds is 9. The summed E-state index contributed by atoms with van der Waals surface area (Å²) in [6, 6.07) is 14.9. The summed E-state index contributed by atoms with van der Waals surface area (Å²) in [7, 11) is -4.23. The van der Waals surface area contributed by atoms with Gasteiger partial charge < -0.3 is 14.6 Å². The third-order valence-corrected chi connectivity index (χ3v) is 6.76. The van der Waals surface area contributed by atoms with E-state index >= 15 is 0 Å². The van der Waals surface area contributed by atoms with Gasteiger partial charge in [0.2, 0.25) is 11.6 Å². The standard InChI is InChI=1S/C27H29N5O5S/c1-18-8-5-6-9-21(18)37-22-23(32-38(34,35)20-12-10-19(11-13-20)27(2,3)4)30-25(24-28-14-7-15-29-24)31-26(22)36-17-16-33/h5-15,33H,16-17H2,1-4H3,(H,30,31,32)/i17D2. The van der Waals surface area contributed by atoms with E-state index in [4.69, 9.17) is 12.2 Å². The van der Waals surface area contributed by atoms with E-state index in [1.165, 1.54) is 24.5 Å². The van der Waals surface area contributed by atoms with Gasteiger partial charge in [0, 0.05) is 12.4 Å². The molecule has 0 fully saturated rings. The van der Waals surface area contributed by atoms with Crippen molar-refractivity contribution >= 4 is 15.8 Å². The molecule has 11 heteroatoms. The molecule has 0 saturated carbocycles. The fourth-order valence-electron chi connectivity index (χ4n) is 3.38. The van der Waals surface area contributed by atoms with Gasteiger partial charge in [-0.05, 0) is 47.7 Å². The molecule has 2 heterocycles. The van der Waals surface area contributed by atoms with Crippen molar-refractivity contribution in [3.8, 4) is 29.0 Å². The number of aliphatic hydroxyl groups is 1. The van der Waals surface area contributed by atoms with E-state index in [1.54, 1.807) is 49.4 Å². The molecule has 0 aliphatic rings. The Morgan fingerprint density at radius 1 is 0.974 bits per heavy atom. The minimum absolute atomic E-state index is 0.0225. The molecule has 2 aromatic heterocycles. The lowest BCUT2D eigenvalue weighted by Gasteiger charge is -2.20. The summed E-state index contributed by atoms with van der Waals surface area (Å²) in [5.41, 5.74) is 1.46. The van der Waals surface area contributed by atoms with Crippen LogP contribution in [0.5, 0.6) is 17.4 Å². The molecular formula is C27H29N5O5S. The number of para-hydroxylation sites is 1. The average Bonchev–Trinajstić information content (AvgIpc) is 2.91. The van der Waals surface area contributed by atoms with Crippen LogP contribution in [-0.2, 0) is 15.4 Å². The quantitative estimate of drug-likeness (QED) is 0.316. The van der Waals surface area contributed by atoms with Crippen LogP contribution < -0.4 is 14.2 Å². The van der Waals surface area contributed by atoms with Gasteiger partial charge in [0.1, 0.15) is 12.3 Å². The number of ether oxygens (including phenoxy) is 2. The van der Waals surface area contributed by atoms with Crippen LogP contribution in [0.25, 0.3) is 11.6 Å². The van der Waals surface area contributed by atoms with Crippen molar-refractivity contribution in [2.45, 2.75) is 38.0 Å². The molecule has 4 aromatic rings. The summed E-state index contributed by atoms with van der Waals surface area (Å²) in [5.74, 6) is -0.957. The van der Waals surface area contributed by atoms with E-state index in [1.807, 2.05) is 20.8 Å². The Morgan fingerprint density at radius 3 is 2.29 bits per heavy atom. The number of aliphatic hydroxyl groups excluding tert-OH is 1. The van der Waals surface area contributed by atoms with Crippen molar-refractivity contribution in [2.24, 2.45) is 0 Å². The van der Waals surface area contributed by atoms with E-state index in [0.717, 1.165) is 5.56 Å². The number of nitrogens with one attached hydrogen (secondary N) is 1. The SMILES string of the molecule is [2H]C([2H])(CO)Oc1nc(-c2ncccn2)nc(NS(=O)(=O)c2ccc(C(C)(C)C)cc2)c1Oc1ccccc1C. The van der Waals surface area contributed by atoms with Gasteiger partial charge in [-0.25, -0.2) is 23.4 Å². The molecule has 4 rings (SSSR count). The van der Waals surface area contributed by atoms with Crippen LogP contribution in [0.4, 0.5) is 5.82 Å². The smallest absolute Gasteiger partial charge is 0.263 e. The van der Waals surface area contributed by atoms with Gasteiger partial charge in [-0.2, -0.15) is 4.98 Å². The van der Waals surface area contributed by atoms with Crippen molar-refractivity contribution in [3.63, 3.8) is 0 Å². The number of aryl methyl sites for hydroxylation is 1. The Bertz CT molecular complexity index is 1600. The predicted molar refractivity (Wildman–Crippen MR) is 143 cm³/mol. The predicted octanol–water partition coefficient (Wildman–Crippen LogP) is 4.50. The number of hydrogen-bond acceptors (Lipinski definition) is 9. The number of hydrogen-bond donors (Lipinski definition) is 2. The normalized spacial score (nSPS) is 12.9. The highest BCUT2D eigenvalue weighted by Gasteiger charge is 2.26. The molecule has 38 heavy (non-hydrogen) atoms. The summed E-state index contributed by atoms with van der Waals surface area (Å²) < 4.78 is 56.8. The molecule has 0 amide bonds. The Labute approximate surface area is 224 Å². The minimum atomic E-state index is -4.23. The fraction of sp³-hybridized carbons (Fsp3) is 0.259. The van der Waals surface area contributed by atoms with E-state index in [9.17, 15) is 13.5 Å². The molecular weight excluding hydrogens is 506 g/mol. The lowest BCUT2D eigenvalue weighted by Crippen LogP contribution is -2.17. The van der Waals surface area contributed by atoms with Gasteiger partial charge in [-0.15, -0.1) is 0 Å². The lowest BCUT2D eigenvalue weighted by molar-refractivity contribution is 0.192. The van der Waals surface area contributed by atoms with Crippen LogP contribution in [0.1, 0.15) is 34.6 Å². The first-order valence-corrected chi connectivity index (χ1v) is 13.1. The minimum Gasteiger partial charge on any atom is -0.472 e. The maximum absolute atomic E-state index is 13.5. The zero-order chi connectivity index (χ0) is 29.1. The molecule has 0 unspecified atom stereocenters. The van der Waals surface area contributed by atoms with Crippen LogP contribution >= 0.6 is 0 Å². The lowest BCUT2D eigenvalue weighted by atomic mass is 9.87. The van der Waals surface area contributed by atoms with Crippen LogP contribution in [0.2, 0.25) is 0 Å². The molecule has 0 aliphatic carbocycles. The van der Waals surface area contributed by atoms with Crippen molar-refractivity contribution in [2.75, 3.05) is 17.9 Å². The highest BCUT2D eigenvalue weighted by molar-refractivity contribution is 7.92. The molecule has 0 saturated heterocycles. The highest BCUT2D eigenvalue weighted by Crippen LogP contribution is 2.39. The van der Waals surface area contributed by atoms with Crippen LogP contribution in [0, 0.1) is 6.92 Å². The Hall–Kier alpha value is -4.09. The van der Waals surface area contributed by atoms with Crippen molar-refractivity contribution < 1.29 is 25.7 Å². The Balaban J connectivity index is 1.89. The second-order valence-corrected chi connectivity index (χ2v) is 10.9. The second-order valence-electron chi connectivity index (χ2n) is 9.25. The van der Waals surface area contributed by atoms with E-state index in [2.05, 4.69) is 24.7 Å². The van der Waals surface area contributed by atoms with Crippen molar-refractivity contribution in [1.29, 1.82) is 0 Å². The summed E-state index contributed by atoms with van der Waals surface area (Å²) >= 11 is 0. The Kier molecular flexibility index (Phi) is 7.10. The first-order valence-electron chi connectivity index (χ1n) is 12.7. The molecule has 10 nitrogen and oxygen atoms in total. The number of sulfonamides is 1. The summed E-state index contributed by atoms with van der Waals surface area (Å²) in [6.45, 7) is 4.22. The van der Waals surface area contributed by atoms with Crippen LogP contribution in [0.3, 0.4) is 0 Å². The summed E-state index contributed by atoms with van der Waals surface area (Å²) in [5, 5.41) is 9.53. The molecule has 0 bridgehead atoms. The molecule has 198 valence electrons. The monoisotopic (exact) mass is 537 g/mol. The van der Waals surface area contributed by atoms with Crippen molar-refractivity contribution in [1.82, 2.24) is 19.9 Å². The third kappa shape index (κ3) is 6.24. The number of benzene rings is 2. The molecule has 2 aromatic carbocycles. The third-order valence-electron chi connectivity index (χ3n) is 5.40. The van der Waals surface area contributed by atoms with E-state index in [0.29, 0.717) is 11.3 Å². The van der Waals surface area contributed by atoms with Crippen LogP contribution in [0.15, 0.2) is 71.9 Å². The van der Waals surface area contributed by atoms with Gasteiger partial charge in [0.05, 0.1) is 14.2 Å². The Morgan fingerprint density at radius 2 is 1.66 bits per heavy atom. The number of anilines is 1. The maximum atomic E-state index is 13.5. The van der Waals surface area contributed by atoms with E-state index < -0.39 is 29.1 Å². The first-order chi connectivity index (χ1) is 18.8. The first kappa shape index (κ1) is 24.3. The van der Waals surface area contributed by atoms with Gasteiger partial charge in [0.25, 0.3) is 15.9 Å².